The summed E-state index contributed by atoms with van der Waals surface area (Å²) in [5, 5.41) is 19.3. The van der Waals surface area contributed by atoms with Crippen molar-refractivity contribution in [2.24, 2.45) is 0 Å². The molecule has 19 heavy (non-hydrogen) atoms. The highest BCUT2D eigenvalue weighted by Crippen LogP contribution is 2.35. The molecular weight excluding hydrogens is 318 g/mol. The summed E-state index contributed by atoms with van der Waals surface area (Å²) in [4.78, 5) is 11.7. The van der Waals surface area contributed by atoms with Crippen molar-refractivity contribution in [1.29, 1.82) is 0 Å². The Kier molecular flexibility index (Phi) is 3.13. The average Bonchev–Trinajstić information content (AvgIpc) is 2.94. The van der Waals surface area contributed by atoms with Crippen molar-refractivity contribution < 1.29 is 14.9 Å². The van der Waals surface area contributed by atoms with Gasteiger partial charge in [-0.3, -0.25) is 4.57 Å². The van der Waals surface area contributed by atoms with E-state index in [1.54, 1.807) is 4.57 Å². The highest BCUT2D eigenvalue weighted by molar-refractivity contribution is 9.09. The maximum Gasteiger partial charge on any atom is 0.167 e. The van der Waals surface area contributed by atoms with Crippen LogP contribution in [0.15, 0.2) is 12.7 Å². The van der Waals surface area contributed by atoms with E-state index in [-0.39, 0.29) is 17.3 Å². The van der Waals surface area contributed by atoms with Gasteiger partial charge in [0.15, 0.2) is 17.7 Å². The fourth-order valence-electron chi connectivity index (χ4n) is 2.14. The van der Waals surface area contributed by atoms with Crippen molar-refractivity contribution in [3.8, 4) is 0 Å². The number of aliphatic hydroxyl groups is 2. The topological polar surface area (TPSA) is 119 Å². The van der Waals surface area contributed by atoms with E-state index in [1.165, 1.54) is 12.7 Å². The molecular formula is C10H12BrN5O3. The van der Waals surface area contributed by atoms with Crippen LogP contribution < -0.4 is 5.73 Å². The number of aromatic nitrogens is 4. The smallest absolute Gasteiger partial charge is 0.167 e. The van der Waals surface area contributed by atoms with Crippen molar-refractivity contribution >= 4 is 32.9 Å². The number of imidazole rings is 1. The number of halogens is 1. The zero-order chi connectivity index (χ0) is 13.6. The standard InChI is InChI=1S/C10H12BrN5O3/c11-5-4(1-17)19-10(7(5)18)16-3-15-6-8(12)13-2-14-9(6)16/h2-5,7,10,17-18H,1H2,(H2,12,13,14)/t4-,5-,7+,10-/m1/s1. The van der Waals surface area contributed by atoms with Crippen LogP contribution in [-0.4, -0.2) is 53.4 Å². The van der Waals surface area contributed by atoms with E-state index in [9.17, 15) is 10.2 Å². The highest BCUT2D eigenvalue weighted by atomic mass is 79.9. The largest absolute Gasteiger partial charge is 0.394 e. The Morgan fingerprint density at radius 2 is 2.21 bits per heavy atom. The number of nitrogen functional groups attached to an aromatic ring is 1. The molecule has 102 valence electrons. The summed E-state index contributed by atoms with van der Waals surface area (Å²) in [6, 6.07) is 0. The van der Waals surface area contributed by atoms with E-state index in [0.717, 1.165) is 0 Å². The molecule has 0 amide bonds. The van der Waals surface area contributed by atoms with E-state index >= 15 is 0 Å². The Balaban J connectivity index is 2.04. The first kappa shape index (κ1) is 12.7. The third-order valence-corrected chi connectivity index (χ3v) is 4.26. The number of rotatable bonds is 2. The maximum atomic E-state index is 10.2. The second-order valence-electron chi connectivity index (χ2n) is 4.27. The van der Waals surface area contributed by atoms with E-state index in [4.69, 9.17) is 10.5 Å². The maximum absolute atomic E-state index is 10.2. The minimum Gasteiger partial charge on any atom is -0.394 e. The summed E-state index contributed by atoms with van der Waals surface area (Å²) in [5.74, 6) is 0.269. The molecule has 0 aliphatic carbocycles. The zero-order valence-corrected chi connectivity index (χ0v) is 11.3. The summed E-state index contributed by atoms with van der Waals surface area (Å²) < 4.78 is 7.19. The fraction of sp³-hybridized carbons (Fsp3) is 0.500. The van der Waals surface area contributed by atoms with Crippen LogP contribution in [0.4, 0.5) is 5.82 Å². The molecule has 8 nitrogen and oxygen atoms in total. The van der Waals surface area contributed by atoms with Crippen molar-refractivity contribution in [3.63, 3.8) is 0 Å². The Morgan fingerprint density at radius 1 is 1.42 bits per heavy atom. The molecule has 3 rings (SSSR count). The number of fused-ring (bicyclic) bond motifs is 1. The van der Waals surface area contributed by atoms with Gasteiger partial charge in [0, 0.05) is 0 Å². The van der Waals surface area contributed by atoms with Crippen LogP contribution in [0.25, 0.3) is 11.2 Å². The monoisotopic (exact) mass is 329 g/mol. The summed E-state index contributed by atoms with van der Waals surface area (Å²) in [7, 11) is 0. The van der Waals surface area contributed by atoms with E-state index in [0.29, 0.717) is 11.2 Å². The second kappa shape index (κ2) is 4.67. The van der Waals surface area contributed by atoms with Crippen molar-refractivity contribution in [2.45, 2.75) is 23.3 Å². The number of anilines is 1. The number of alkyl halides is 1. The van der Waals surface area contributed by atoms with Crippen LogP contribution >= 0.6 is 15.9 Å². The van der Waals surface area contributed by atoms with Crippen LogP contribution in [0, 0.1) is 0 Å². The van der Waals surface area contributed by atoms with Gasteiger partial charge >= 0.3 is 0 Å². The van der Waals surface area contributed by atoms with Gasteiger partial charge in [0.2, 0.25) is 0 Å². The lowest BCUT2D eigenvalue weighted by molar-refractivity contribution is -0.0486. The Morgan fingerprint density at radius 3 is 2.89 bits per heavy atom. The van der Waals surface area contributed by atoms with Crippen LogP contribution in [-0.2, 0) is 4.74 Å². The minimum atomic E-state index is -0.828. The molecule has 1 aliphatic rings. The Hall–Kier alpha value is -1.29. The number of aliphatic hydroxyl groups excluding tert-OH is 2. The van der Waals surface area contributed by atoms with Gasteiger partial charge in [-0.2, -0.15) is 0 Å². The summed E-state index contributed by atoms with van der Waals surface area (Å²) in [5.41, 5.74) is 6.64. The Labute approximate surface area is 116 Å². The van der Waals surface area contributed by atoms with Gasteiger partial charge in [-0.1, -0.05) is 15.9 Å². The van der Waals surface area contributed by atoms with E-state index in [1.807, 2.05) is 0 Å². The van der Waals surface area contributed by atoms with Gasteiger partial charge in [-0.15, -0.1) is 0 Å². The molecule has 9 heteroatoms. The lowest BCUT2D eigenvalue weighted by Crippen LogP contribution is -2.28. The molecule has 0 radical (unpaired) electrons. The highest BCUT2D eigenvalue weighted by Gasteiger charge is 2.43. The first-order chi connectivity index (χ1) is 9.13. The molecule has 4 atom stereocenters. The zero-order valence-electron chi connectivity index (χ0n) is 9.72. The van der Waals surface area contributed by atoms with Crippen LogP contribution in [0.2, 0.25) is 0 Å². The first-order valence-corrected chi connectivity index (χ1v) is 6.56. The predicted octanol–water partition coefficient (Wildman–Crippen LogP) is -0.577. The van der Waals surface area contributed by atoms with E-state index in [2.05, 4.69) is 30.9 Å². The second-order valence-corrected chi connectivity index (χ2v) is 5.32. The summed E-state index contributed by atoms with van der Waals surface area (Å²) >= 11 is 3.31. The van der Waals surface area contributed by atoms with Crippen LogP contribution in [0.3, 0.4) is 0 Å². The molecule has 0 saturated carbocycles. The third-order valence-electron chi connectivity index (χ3n) is 3.13. The molecule has 3 heterocycles. The molecule has 0 aromatic carbocycles. The molecule has 1 aliphatic heterocycles. The number of nitrogens with two attached hydrogens (primary N) is 1. The molecule has 2 aromatic heterocycles. The van der Waals surface area contributed by atoms with Gasteiger partial charge in [0.25, 0.3) is 0 Å². The number of hydrogen-bond donors (Lipinski definition) is 3. The van der Waals surface area contributed by atoms with Gasteiger partial charge < -0.3 is 20.7 Å². The number of hydrogen-bond acceptors (Lipinski definition) is 7. The quantitative estimate of drug-likeness (QED) is 0.630. The average molecular weight is 330 g/mol. The predicted molar refractivity (Wildman–Crippen MR) is 69.5 cm³/mol. The van der Waals surface area contributed by atoms with Crippen molar-refractivity contribution in [3.05, 3.63) is 12.7 Å². The molecule has 0 unspecified atom stereocenters. The van der Waals surface area contributed by atoms with Crippen molar-refractivity contribution in [2.75, 3.05) is 12.3 Å². The molecule has 0 spiro atoms. The third kappa shape index (κ3) is 1.89. The fourth-order valence-corrected chi connectivity index (χ4v) is 2.69. The molecule has 2 aromatic rings. The van der Waals surface area contributed by atoms with E-state index < -0.39 is 18.4 Å². The normalized spacial score (nSPS) is 31.1. The van der Waals surface area contributed by atoms with Gasteiger partial charge in [-0.05, 0) is 0 Å². The van der Waals surface area contributed by atoms with Gasteiger partial charge in [-0.25, -0.2) is 15.0 Å². The van der Waals surface area contributed by atoms with Gasteiger partial charge in [0.05, 0.1) is 23.9 Å². The molecule has 1 saturated heterocycles. The Bertz CT molecular complexity index is 606. The number of ether oxygens (including phenoxy) is 1. The minimum absolute atomic E-state index is 0.187. The summed E-state index contributed by atoms with van der Waals surface area (Å²) in [6.45, 7) is -0.187. The van der Waals surface area contributed by atoms with Crippen molar-refractivity contribution in [1.82, 2.24) is 19.5 Å². The van der Waals surface area contributed by atoms with Crippen LogP contribution in [0.1, 0.15) is 6.23 Å². The SMILES string of the molecule is Nc1ncnc2c1ncn2[C@@H]1O[C@H](CO)[C@@H](Br)[C@@H]1O. The first-order valence-electron chi connectivity index (χ1n) is 5.65. The lowest BCUT2D eigenvalue weighted by Gasteiger charge is -2.16. The molecule has 4 N–H and O–H groups in total. The lowest BCUT2D eigenvalue weighted by atomic mass is 10.2. The number of nitrogens with zero attached hydrogens (tertiary/aromatic N) is 4. The molecule has 0 bridgehead atoms. The summed E-state index contributed by atoms with van der Waals surface area (Å²) in [6.07, 6.45) is 0.818. The van der Waals surface area contributed by atoms with Crippen LogP contribution in [0.5, 0.6) is 0 Å². The van der Waals surface area contributed by atoms with Gasteiger partial charge in [0.1, 0.15) is 17.9 Å². The molecule has 1 fully saturated rings.